The summed E-state index contributed by atoms with van der Waals surface area (Å²) in [4.78, 5) is 0. The summed E-state index contributed by atoms with van der Waals surface area (Å²) in [5.74, 6) is 1.98. The first-order valence-electron chi connectivity index (χ1n) is 13.5. The van der Waals surface area contributed by atoms with Gasteiger partial charge in [-0.25, -0.2) is 0 Å². The molecule has 0 aromatic heterocycles. The van der Waals surface area contributed by atoms with E-state index in [1.807, 2.05) is 48.5 Å². The molecule has 1 heterocycles. The van der Waals surface area contributed by atoms with E-state index in [9.17, 15) is 10.2 Å². The fourth-order valence-electron chi connectivity index (χ4n) is 7.00. The summed E-state index contributed by atoms with van der Waals surface area (Å²) in [5.41, 5.74) is 3.37. The van der Waals surface area contributed by atoms with Crippen LogP contribution < -0.4 is 4.74 Å². The van der Waals surface area contributed by atoms with Crippen molar-refractivity contribution in [1.29, 1.82) is 0 Å². The molecule has 0 spiro atoms. The number of hydrogen-bond donors (Lipinski definition) is 2. The lowest BCUT2D eigenvalue weighted by Gasteiger charge is -2.32. The van der Waals surface area contributed by atoms with Crippen LogP contribution in [-0.4, -0.2) is 10.2 Å². The van der Waals surface area contributed by atoms with Crippen LogP contribution in [0.4, 0.5) is 0 Å². The number of phenolic OH excluding ortho intramolecular Hbond substituents is 2. The van der Waals surface area contributed by atoms with Gasteiger partial charge in [0.05, 0.1) is 0 Å². The number of benzene rings is 8. The molecule has 0 saturated carbocycles. The average Bonchev–Trinajstić information content (AvgIpc) is 2.98. The van der Waals surface area contributed by atoms with Gasteiger partial charge in [-0.2, -0.15) is 0 Å². The molecule has 0 amide bonds. The minimum absolute atomic E-state index is 0.134. The van der Waals surface area contributed by atoms with E-state index in [1.54, 1.807) is 12.1 Å². The van der Waals surface area contributed by atoms with Crippen molar-refractivity contribution in [2.24, 2.45) is 0 Å². The quantitative estimate of drug-likeness (QED) is 0.214. The highest BCUT2D eigenvalue weighted by Crippen LogP contribution is 2.54. The first kappa shape index (κ1) is 21.6. The van der Waals surface area contributed by atoms with Crippen LogP contribution in [0.2, 0.25) is 0 Å². The standard InChI is InChI=1S/C37H22O3/c38-25-10-14-27-23(18-25)8-16-31-35(27)37(36-28-15-11-26(39)19-24(28)9-17-32(36)40-31)30-13-7-22-5-4-20-2-1-3-21-6-12-29(30)34(22)33(20)21/h1-19,37-39H. The molecule has 0 unspecified atom stereocenters. The average molecular weight is 515 g/mol. The van der Waals surface area contributed by atoms with Crippen molar-refractivity contribution in [3.8, 4) is 23.0 Å². The van der Waals surface area contributed by atoms with E-state index < -0.39 is 0 Å². The molecule has 8 aromatic carbocycles. The van der Waals surface area contributed by atoms with E-state index >= 15 is 0 Å². The lowest BCUT2D eigenvalue weighted by atomic mass is 9.76. The fraction of sp³-hybridized carbons (Fsp3) is 0.0270. The van der Waals surface area contributed by atoms with E-state index in [4.69, 9.17) is 4.74 Å². The van der Waals surface area contributed by atoms with Crippen molar-refractivity contribution in [2.75, 3.05) is 0 Å². The third-order valence-corrected chi connectivity index (χ3v) is 8.68. The van der Waals surface area contributed by atoms with Gasteiger partial charge in [0.1, 0.15) is 23.0 Å². The summed E-state index contributed by atoms with van der Waals surface area (Å²) in [6.45, 7) is 0. The SMILES string of the molecule is Oc1ccc2c3c(ccc2c1)Oc1ccc2cc(O)ccc2c1C3c1ccc2ccc3cccc4ccc1c2c34. The van der Waals surface area contributed by atoms with Crippen molar-refractivity contribution in [1.82, 2.24) is 0 Å². The molecule has 9 rings (SSSR count). The highest BCUT2D eigenvalue weighted by Gasteiger charge is 2.33. The van der Waals surface area contributed by atoms with Gasteiger partial charge in [-0.3, -0.25) is 0 Å². The number of aromatic hydroxyl groups is 2. The Hall–Kier alpha value is -5.28. The van der Waals surface area contributed by atoms with Crippen LogP contribution in [0.25, 0.3) is 53.9 Å². The van der Waals surface area contributed by atoms with E-state index in [2.05, 4.69) is 54.6 Å². The number of ether oxygens (including phenoxy) is 1. The molecule has 40 heavy (non-hydrogen) atoms. The zero-order chi connectivity index (χ0) is 26.5. The Balaban J connectivity index is 1.47. The molecule has 0 radical (unpaired) electrons. The molecule has 2 N–H and O–H groups in total. The van der Waals surface area contributed by atoms with Crippen LogP contribution in [-0.2, 0) is 0 Å². The van der Waals surface area contributed by atoms with Gasteiger partial charge >= 0.3 is 0 Å². The molecule has 0 saturated heterocycles. The second-order valence-electron chi connectivity index (χ2n) is 10.8. The molecular weight excluding hydrogens is 492 g/mol. The molecule has 3 nitrogen and oxygen atoms in total. The predicted octanol–water partition coefficient (Wildman–Crippen LogP) is 9.59. The van der Waals surface area contributed by atoms with Gasteiger partial charge in [0, 0.05) is 17.0 Å². The zero-order valence-electron chi connectivity index (χ0n) is 21.3. The Morgan fingerprint density at radius 3 is 1.57 bits per heavy atom. The van der Waals surface area contributed by atoms with E-state index in [0.29, 0.717) is 0 Å². The first-order valence-corrected chi connectivity index (χ1v) is 13.5. The molecular formula is C37H22O3. The topological polar surface area (TPSA) is 49.7 Å². The number of hydrogen-bond acceptors (Lipinski definition) is 3. The summed E-state index contributed by atoms with van der Waals surface area (Å²) >= 11 is 0. The smallest absolute Gasteiger partial charge is 0.132 e. The third-order valence-electron chi connectivity index (χ3n) is 8.68. The Morgan fingerprint density at radius 1 is 0.450 bits per heavy atom. The van der Waals surface area contributed by atoms with Crippen molar-refractivity contribution in [3.05, 3.63) is 132 Å². The van der Waals surface area contributed by atoms with Crippen LogP contribution in [0.15, 0.2) is 115 Å². The van der Waals surface area contributed by atoms with Crippen LogP contribution in [0.1, 0.15) is 22.6 Å². The van der Waals surface area contributed by atoms with Gasteiger partial charge in [0.2, 0.25) is 0 Å². The molecule has 0 fully saturated rings. The van der Waals surface area contributed by atoms with Gasteiger partial charge in [0.15, 0.2) is 0 Å². The molecule has 0 bridgehead atoms. The third kappa shape index (κ3) is 2.84. The number of fused-ring (bicyclic) bond motifs is 6. The van der Waals surface area contributed by atoms with Crippen LogP contribution in [0.3, 0.4) is 0 Å². The molecule has 3 heteroatoms. The number of phenols is 2. The number of rotatable bonds is 1. The van der Waals surface area contributed by atoms with Gasteiger partial charge in [-0.05, 0) is 95.8 Å². The summed E-state index contributed by atoms with van der Waals surface area (Å²) in [6, 6.07) is 39.1. The fourth-order valence-corrected chi connectivity index (χ4v) is 7.00. The van der Waals surface area contributed by atoms with Crippen molar-refractivity contribution >= 4 is 53.9 Å². The van der Waals surface area contributed by atoms with Gasteiger partial charge in [-0.15, -0.1) is 0 Å². The summed E-state index contributed by atoms with van der Waals surface area (Å²) in [6.07, 6.45) is 0. The zero-order valence-corrected chi connectivity index (χ0v) is 21.3. The first-order chi connectivity index (χ1) is 19.6. The Labute approximate surface area is 229 Å². The monoisotopic (exact) mass is 514 g/mol. The molecule has 0 aliphatic carbocycles. The maximum atomic E-state index is 10.3. The van der Waals surface area contributed by atoms with E-state index in [1.165, 1.54) is 37.9 Å². The van der Waals surface area contributed by atoms with Crippen molar-refractivity contribution in [3.63, 3.8) is 0 Å². The Kier molecular flexibility index (Phi) is 4.13. The molecule has 8 aromatic rings. The van der Waals surface area contributed by atoms with Crippen LogP contribution >= 0.6 is 0 Å². The minimum atomic E-state index is -0.134. The maximum absolute atomic E-state index is 10.3. The van der Waals surface area contributed by atoms with E-state index in [-0.39, 0.29) is 17.4 Å². The highest BCUT2D eigenvalue weighted by atomic mass is 16.5. The molecule has 0 atom stereocenters. The Morgan fingerprint density at radius 2 is 0.950 bits per heavy atom. The lowest BCUT2D eigenvalue weighted by molar-refractivity contribution is 0.456. The van der Waals surface area contributed by atoms with Gasteiger partial charge < -0.3 is 14.9 Å². The summed E-state index contributed by atoms with van der Waals surface area (Å²) in [5, 5.41) is 32.1. The largest absolute Gasteiger partial charge is 0.508 e. The van der Waals surface area contributed by atoms with Crippen LogP contribution in [0, 0.1) is 0 Å². The van der Waals surface area contributed by atoms with Crippen LogP contribution in [0.5, 0.6) is 23.0 Å². The normalized spacial score (nSPS) is 13.3. The highest BCUT2D eigenvalue weighted by molar-refractivity contribution is 6.23. The summed E-state index contributed by atoms with van der Waals surface area (Å²) in [7, 11) is 0. The van der Waals surface area contributed by atoms with Gasteiger partial charge in [0.25, 0.3) is 0 Å². The second-order valence-corrected chi connectivity index (χ2v) is 10.8. The molecule has 1 aliphatic heterocycles. The van der Waals surface area contributed by atoms with Crippen molar-refractivity contribution < 1.29 is 14.9 Å². The van der Waals surface area contributed by atoms with Crippen molar-refractivity contribution in [2.45, 2.75) is 5.92 Å². The summed E-state index contributed by atoms with van der Waals surface area (Å²) < 4.78 is 6.61. The van der Waals surface area contributed by atoms with E-state index in [0.717, 1.165) is 44.2 Å². The Bertz CT molecular complexity index is 2230. The predicted molar refractivity (Wildman–Crippen MR) is 162 cm³/mol. The maximum Gasteiger partial charge on any atom is 0.132 e. The molecule has 1 aliphatic rings. The minimum Gasteiger partial charge on any atom is -0.508 e. The second kappa shape index (κ2) is 7.64. The molecule has 188 valence electrons. The van der Waals surface area contributed by atoms with Gasteiger partial charge in [-0.1, -0.05) is 78.9 Å². The lowest BCUT2D eigenvalue weighted by Crippen LogP contribution is -2.13.